The van der Waals surface area contributed by atoms with Gasteiger partial charge in [0.2, 0.25) is 5.91 Å². The van der Waals surface area contributed by atoms with Crippen LogP contribution in [0.3, 0.4) is 0 Å². The van der Waals surface area contributed by atoms with Crippen molar-refractivity contribution in [3.8, 4) is 0 Å². The van der Waals surface area contributed by atoms with Crippen LogP contribution in [0, 0.1) is 0 Å². The second kappa shape index (κ2) is 7.99. The Hall–Kier alpha value is -1.43. The van der Waals surface area contributed by atoms with Gasteiger partial charge in [-0.25, -0.2) is 4.98 Å². The van der Waals surface area contributed by atoms with Crippen LogP contribution in [-0.2, 0) is 11.2 Å². The van der Waals surface area contributed by atoms with E-state index in [0.717, 1.165) is 11.3 Å². The average Bonchev–Trinajstić information content (AvgIpc) is 2.76. The van der Waals surface area contributed by atoms with E-state index in [4.69, 9.17) is 5.73 Å². The molecule has 1 aromatic carbocycles. The minimum atomic E-state index is -0.135. The summed E-state index contributed by atoms with van der Waals surface area (Å²) in [6.07, 6.45) is 2.95. The molecule has 0 aliphatic heterocycles. The lowest BCUT2D eigenvalue weighted by atomic mass is 10.1. The topological polar surface area (TPSA) is 68.0 Å². The first kappa shape index (κ1) is 16.6. The summed E-state index contributed by atoms with van der Waals surface area (Å²) in [5, 5.41) is 3.40. The largest absolute Gasteiger partial charge is 0.327 e. The van der Waals surface area contributed by atoms with Crippen LogP contribution >= 0.6 is 23.7 Å². The molecule has 1 atom stereocenters. The first-order valence-electron chi connectivity index (χ1n) is 6.17. The molecule has 20 heavy (non-hydrogen) atoms. The van der Waals surface area contributed by atoms with Crippen LogP contribution in [0.15, 0.2) is 36.5 Å². The van der Waals surface area contributed by atoms with Gasteiger partial charge in [0.1, 0.15) is 0 Å². The van der Waals surface area contributed by atoms with E-state index in [9.17, 15) is 4.79 Å². The number of carbonyl (C=O) groups excluding carboxylic acids is 1. The number of halogens is 1. The highest BCUT2D eigenvalue weighted by Crippen LogP contribution is 2.21. The number of nitrogens with zero attached hydrogens (tertiary/aromatic N) is 1. The molecule has 0 saturated carbocycles. The van der Waals surface area contributed by atoms with E-state index in [-0.39, 0.29) is 24.4 Å². The Labute approximate surface area is 128 Å². The van der Waals surface area contributed by atoms with Crippen molar-refractivity contribution in [2.45, 2.75) is 25.8 Å². The number of nitrogens with two attached hydrogens (primary N) is 1. The predicted molar refractivity (Wildman–Crippen MR) is 85.5 cm³/mol. The number of rotatable bonds is 5. The molecule has 1 amide bonds. The Balaban J connectivity index is 0.00000200. The van der Waals surface area contributed by atoms with Crippen LogP contribution in [0.25, 0.3) is 0 Å². The quantitative estimate of drug-likeness (QED) is 0.892. The van der Waals surface area contributed by atoms with E-state index in [1.807, 2.05) is 25.1 Å². The third-order valence-electron chi connectivity index (χ3n) is 2.53. The minimum Gasteiger partial charge on any atom is -0.327 e. The average molecular weight is 312 g/mol. The maximum Gasteiger partial charge on any atom is 0.227 e. The van der Waals surface area contributed by atoms with Gasteiger partial charge < -0.3 is 11.1 Å². The van der Waals surface area contributed by atoms with Crippen LogP contribution in [-0.4, -0.2) is 16.9 Å². The van der Waals surface area contributed by atoms with Gasteiger partial charge in [-0.05, 0) is 12.5 Å². The fourth-order valence-electron chi connectivity index (χ4n) is 1.71. The molecule has 0 saturated heterocycles. The number of nitrogens with one attached hydrogen (secondary N) is 1. The number of hydrogen-bond donors (Lipinski definition) is 2. The molecular formula is C14H18ClN3OS. The van der Waals surface area contributed by atoms with Crippen molar-refractivity contribution in [3.05, 3.63) is 47.0 Å². The van der Waals surface area contributed by atoms with Gasteiger partial charge in [0.15, 0.2) is 5.13 Å². The third kappa shape index (κ3) is 5.28. The van der Waals surface area contributed by atoms with Crippen molar-refractivity contribution in [2.24, 2.45) is 5.73 Å². The second-order valence-corrected chi connectivity index (χ2v) is 5.64. The third-order valence-corrected chi connectivity index (χ3v) is 3.44. The van der Waals surface area contributed by atoms with Gasteiger partial charge >= 0.3 is 0 Å². The maximum atomic E-state index is 11.6. The number of thiazole rings is 1. The summed E-state index contributed by atoms with van der Waals surface area (Å²) in [6, 6.07) is 10.0. The molecular weight excluding hydrogens is 294 g/mol. The van der Waals surface area contributed by atoms with E-state index in [0.29, 0.717) is 11.6 Å². The normalized spacial score (nSPS) is 11.5. The van der Waals surface area contributed by atoms with E-state index >= 15 is 0 Å². The van der Waals surface area contributed by atoms with Crippen molar-refractivity contribution >= 4 is 34.8 Å². The SMILES string of the molecule is CC(N)CC(=O)Nc1ncc(Cc2ccccc2)s1.Cl. The van der Waals surface area contributed by atoms with Crippen molar-refractivity contribution in [3.63, 3.8) is 0 Å². The molecule has 0 fully saturated rings. The molecule has 6 heteroatoms. The van der Waals surface area contributed by atoms with Crippen LogP contribution in [0.2, 0.25) is 0 Å². The molecule has 108 valence electrons. The fourth-order valence-corrected chi connectivity index (χ4v) is 2.57. The summed E-state index contributed by atoms with van der Waals surface area (Å²) in [4.78, 5) is 16.9. The molecule has 0 bridgehead atoms. The first-order chi connectivity index (χ1) is 9.13. The van der Waals surface area contributed by atoms with Gasteiger partial charge in [-0.15, -0.1) is 23.7 Å². The van der Waals surface area contributed by atoms with E-state index < -0.39 is 0 Å². The van der Waals surface area contributed by atoms with Gasteiger partial charge in [0.05, 0.1) is 0 Å². The molecule has 1 unspecified atom stereocenters. The maximum absolute atomic E-state index is 11.6. The number of amides is 1. The molecule has 1 aromatic heterocycles. The van der Waals surface area contributed by atoms with E-state index in [1.165, 1.54) is 16.9 Å². The highest BCUT2D eigenvalue weighted by molar-refractivity contribution is 7.15. The molecule has 0 radical (unpaired) electrons. The van der Waals surface area contributed by atoms with Crippen molar-refractivity contribution in [1.29, 1.82) is 0 Å². The van der Waals surface area contributed by atoms with Gasteiger partial charge in [-0.3, -0.25) is 4.79 Å². The highest BCUT2D eigenvalue weighted by Gasteiger charge is 2.08. The van der Waals surface area contributed by atoms with Gasteiger partial charge in [0.25, 0.3) is 0 Å². The Bertz CT molecular complexity index is 542. The Morgan fingerprint density at radius 3 is 2.75 bits per heavy atom. The van der Waals surface area contributed by atoms with Gasteiger partial charge in [-0.2, -0.15) is 0 Å². The van der Waals surface area contributed by atoms with Crippen LogP contribution in [0.5, 0.6) is 0 Å². The Kier molecular flexibility index (Phi) is 6.64. The van der Waals surface area contributed by atoms with Crippen molar-refractivity contribution < 1.29 is 4.79 Å². The van der Waals surface area contributed by atoms with Crippen molar-refractivity contribution in [1.82, 2.24) is 4.98 Å². The predicted octanol–water partition coefficient (Wildman–Crippen LogP) is 2.83. The zero-order valence-electron chi connectivity index (χ0n) is 11.2. The highest BCUT2D eigenvalue weighted by atomic mass is 35.5. The van der Waals surface area contributed by atoms with Crippen molar-refractivity contribution in [2.75, 3.05) is 5.32 Å². The standard InChI is InChI=1S/C14H17N3OS.ClH/c1-10(15)7-13(18)17-14-16-9-12(19-14)8-11-5-3-2-4-6-11;/h2-6,9-10H,7-8,15H2,1H3,(H,16,17,18);1H. The molecule has 0 spiro atoms. The summed E-state index contributed by atoms with van der Waals surface area (Å²) in [6.45, 7) is 1.81. The van der Waals surface area contributed by atoms with Crippen LogP contribution in [0.4, 0.5) is 5.13 Å². The van der Waals surface area contributed by atoms with Crippen LogP contribution in [0.1, 0.15) is 23.8 Å². The summed E-state index contributed by atoms with van der Waals surface area (Å²) in [5.74, 6) is -0.0874. The van der Waals surface area contributed by atoms with E-state index in [1.54, 1.807) is 6.20 Å². The smallest absolute Gasteiger partial charge is 0.227 e. The van der Waals surface area contributed by atoms with E-state index in [2.05, 4.69) is 22.4 Å². The number of benzene rings is 1. The monoisotopic (exact) mass is 311 g/mol. The lowest BCUT2D eigenvalue weighted by Crippen LogP contribution is -2.23. The molecule has 0 aliphatic rings. The second-order valence-electron chi connectivity index (χ2n) is 4.52. The minimum absolute atomic E-state index is 0. The Morgan fingerprint density at radius 1 is 1.40 bits per heavy atom. The van der Waals surface area contributed by atoms with Gasteiger partial charge in [-0.1, -0.05) is 30.3 Å². The zero-order chi connectivity index (χ0) is 13.7. The molecule has 2 aromatic rings. The summed E-state index contributed by atoms with van der Waals surface area (Å²) in [5.41, 5.74) is 6.81. The first-order valence-corrected chi connectivity index (χ1v) is 6.99. The lowest BCUT2D eigenvalue weighted by molar-refractivity contribution is -0.116. The zero-order valence-corrected chi connectivity index (χ0v) is 12.8. The number of carbonyl (C=O) groups is 1. The molecule has 2 rings (SSSR count). The number of anilines is 1. The fraction of sp³-hybridized carbons (Fsp3) is 0.286. The summed E-state index contributed by atoms with van der Waals surface area (Å²) < 4.78 is 0. The lowest BCUT2D eigenvalue weighted by Gasteiger charge is -2.03. The summed E-state index contributed by atoms with van der Waals surface area (Å²) in [7, 11) is 0. The number of hydrogen-bond acceptors (Lipinski definition) is 4. The molecule has 4 nitrogen and oxygen atoms in total. The van der Waals surface area contributed by atoms with Gasteiger partial charge in [0, 0.05) is 30.0 Å². The number of aromatic nitrogens is 1. The Morgan fingerprint density at radius 2 is 2.10 bits per heavy atom. The molecule has 3 N–H and O–H groups in total. The summed E-state index contributed by atoms with van der Waals surface area (Å²) >= 11 is 1.50. The van der Waals surface area contributed by atoms with Crippen LogP contribution < -0.4 is 11.1 Å². The molecule has 1 heterocycles. The molecule has 0 aliphatic carbocycles.